The Balaban J connectivity index is 2.00. The zero-order valence-electron chi connectivity index (χ0n) is 7.41. The average Bonchev–Trinajstić information content (AvgIpc) is 2.30. The molecule has 3 rings (SSSR count). The highest BCUT2D eigenvalue weighted by Gasteiger charge is 2.67. The topological polar surface area (TPSA) is 43.4 Å². The molecule has 1 saturated heterocycles. The normalized spacial score (nSPS) is 47.7. The fourth-order valence-electron chi connectivity index (χ4n) is 3.29. The Morgan fingerprint density at radius 2 is 2.23 bits per heavy atom. The van der Waals surface area contributed by atoms with E-state index in [-0.39, 0.29) is 17.3 Å². The van der Waals surface area contributed by atoms with Crippen LogP contribution in [0.1, 0.15) is 25.7 Å². The molecule has 70 valence electrons. The highest BCUT2D eigenvalue weighted by molar-refractivity contribution is 5.93. The summed E-state index contributed by atoms with van der Waals surface area (Å²) < 4.78 is 5.06. The number of esters is 1. The Bertz CT molecular complexity index is 297. The van der Waals surface area contributed by atoms with Crippen LogP contribution in [0.25, 0.3) is 0 Å². The molecule has 3 heteroatoms. The molecule has 0 bridgehead atoms. The molecule has 0 radical (unpaired) electrons. The molecule has 1 heterocycles. The standard InChI is InChI=1S/C10H12O3/c11-8-2-1-3-10-6(4-7(8)10)5-13-9(10)12/h6-7H,1-5H2/t6-,7-,10+/m0/s1. The monoisotopic (exact) mass is 180 g/mol. The third-order valence-corrected chi connectivity index (χ3v) is 4.07. The summed E-state index contributed by atoms with van der Waals surface area (Å²) in [6.45, 7) is 0.558. The van der Waals surface area contributed by atoms with Crippen molar-refractivity contribution in [3.8, 4) is 0 Å². The minimum absolute atomic E-state index is 0.0150. The lowest BCUT2D eigenvalue weighted by Crippen LogP contribution is -2.56. The number of Topliss-reactive ketones (excluding diaryl/α,β-unsaturated/α-hetero) is 1. The van der Waals surface area contributed by atoms with Gasteiger partial charge in [0.1, 0.15) is 5.78 Å². The molecule has 3 atom stereocenters. The molecule has 0 aromatic rings. The maximum atomic E-state index is 11.6. The van der Waals surface area contributed by atoms with E-state index < -0.39 is 0 Å². The van der Waals surface area contributed by atoms with E-state index in [0.29, 0.717) is 24.7 Å². The Hall–Kier alpha value is -0.860. The van der Waals surface area contributed by atoms with Crippen LogP contribution in [0.4, 0.5) is 0 Å². The zero-order valence-corrected chi connectivity index (χ0v) is 7.41. The van der Waals surface area contributed by atoms with Gasteiger partial charge in [0, 0.05) is 18.3 Å². The predicted octanol–water partition coefficient (Wildman–Crippen LogP) is 0.919. The molecule has 3 fully saturated rings. The largest absolute Gasteiger partial charge is 0.465 e. The lowest BCUT2D eigenvalue weighted by atomic mass is 9.48. The number of ether oxygens (including phenoxy) is 1. The van der Waals surface area contributed by atoms with Crippen LogP contribution in [0.2, 0.25) is 0 Å². The molecule has 0 aromatic carbocycles. The van der Waals surface area contributed by atoms with Crippen molar-refractivity contribution < 1.29 is 14.3 Å². The van der Waals surface area contributed by atoms with Crippen LogP contribution in [0, 0.1) is 17.3 Å². The first-order valence-corrected chi connectivity index (χ1v) is 4.95. The minimum Gasteiger partial charge on any atom is -0.465 e. The van der Waals surface area contributed by atoms with E-state index >= 15 is 0 Å². The molecular weight excluding hydrogens is 168 g/mol. The van der Waals surface area contributed by atoms with Crippen molar-refractivity contribution in [2.45, 2.75) is 25.7 Å². The second-order valence-electron chi connectivity index (χ2n) is 4.44. The summed E-state index contributed by atoms with van der Waals surface area (Å²) in [4.78, 5) is 23.1. The van der Waals surface area contributed by atoms with Gasteiger partial charge >= 0.3 is 5.97 Å². The summed E-state index contributed by atoms with van der Waals surface area (Å²) in [6.07, 6.45) is 3.32. The summed E-state index contributed by atoms with van der Waals surface area (Å²) in [5, 5.41) is 0. The fraction of sp³-hybridized carbons (Fsp3) is 0.800. The van der Waals surface area contributed by atoms with Gasteiger partial charge in [-0.2, -0.15) is 0 Å². The van der Waals surface area contributed by atoms with Gasteiger partial charge in [0.05, 0.1) is 12.0 Å². The maximum Gasteiger partial charge on any atom is 0.313 e. The predicted molar refractivity (Wildman–Crippen MR) is 43.8 cm³/mol. The Kier molecular flexibility index (Phi) is 1.24. The fourth-order valence-corrected chi connectivity index (χ4v) is 3.29. The van der Waals surface area contributed by atoms with Gasteiger partial charge in [-0.05, 0) is 19.3 Å². The smallest absolute Gasteiger partial charge is 0.313 e. The molecule has 13 heavy (non-hydrogen) atoms. The number of carbonyl (C=O) groups is 2. The van der Waals surface area contributed by atoms with Crippen LogP contribution in [0.3, 0.4) is 0 Å². The van der Waals surface area contributed by atoms with Gasteiger partial charge in [-0.3, -0.25) is 9.59 Å². The van der Waals surface area contributed by atoms with Crippen molar-refractivity contribution in [3.63, 3.8) is 0 Å². The van der Waals surface area contributed by atoms with Crippen LogP contribution >= 0.6 is 0 Å². The van der Waals surface area contributed by atoms with Crippen LogP contribution in [0.15, 0.2) is 0 Å². The molecule has 2 aliphatic carbocycles. The van der Waals surface area contributed by atoms with Gasteiger partial charge in [0.15, 0.2) is 0 Å². The van der Waals surface area contributed by atoms with Crippen molar-refractivity contribution in [2.75, 3.05) is 6.61 Å². The molecule has 0 N–H and O–H groups in total. The molecule has 1 spiro atoms. The van der Waals surface area contributed by atoms with E-state index in [2.05, 4.69) is 0 Å². The second kappa shape index (κ2) is 2.14. The van der Waals surface area contributed by atoms with E-state index in [1.54, 1.807) is 0 Å². The lowest BCUT2D eigenvalue weighted by molar-refractivity contribution is -0.164. The molecule has 0 aromatic heterocycles. The number of carbonyl (C=O) groups excluding carboxylic acids is 2. The molecule has 0 unspecified atom stereocenters. The summed E-state index contributed by atoms with van der Waals surface area (Å²) in [5.74, 6) is 0.568. The molecular formula is C10H12O3. The van der Waals surface area contributed by atoms with Crippen molar-refractivity contribution in [3.05, 3.63) is 0 Å². The van der Waals surface area contributed by atoms with Gasteiger partial charge < -0.3 is 4.74 Å². The SMILES string of the molecule is O=C1CCC[C@@]23C(=O)OC[C@@H]2C[C@@H]13. The average molecular weight is 180 g/mol. The summed E-state index contributed by atoms with van der Waals surface area (Å²) in [6, 6.07) is 0. The van der Waals surface area contributed by atoms with Crippen molar-refractivity contribution >= 4 is 11.8 Å². The van der Waals surface area contributed by atoms with Crippen LogP contribution in [-0.4, -0.2) is 18.4 Å². The highest BCUT2D eigenvalue weighted by Crippen LogP contribution is 2.61. The number of ketones is 1. The number of rotatable bonds is 0. The van der Waals surface area contributed by atoms with Gasteiger partial charge in [0.2, 0.25) is 0 Å². The molecule has 0 amide bonds. The summed E-state index contributed by atoms with van der Waals surface area (Å²) >= 11 is 0. The van der Waals surface area contributed by atoms with E-state index in [1.807, 2.05) is 0 Å². The molecule has 3 aliphatic rings. The Labute approximate surface area is 76.4 Å². The highest BCUT2D eigenvalue weighted by atomic mass is 16.5. The first-order chi connectivity index (χ1) is 6.25. The van der Waals surface area contributed by atoms with E-state index in [0.717, 1.165) is 19.3 Å². The maximum absolute atomic E-state index is 11.6. The van der Waals surface area contributed by atoms with Gasteiger partial charge in [-0.25, -0.2) is 0 Å². The third-order valence-electron chi connectivity index (χ3n) is 4.07. The van der Waals surface area contributed by atoms with Gasteiger partial charge in [-0.15, -0.1) is 0 Å². The van der Waals surface area contributed by atoms with Gasteiger partial charge in [0.25, 0.3) is 0 Å². The van der Waals surface area contributed by atoms with E-state index in [4.69, 9.17) is 4.74 Å². The van der Waals surface area contributed by atoms with Crippen molar-refractivity contribution in [1.29, 1.82) is 0 Å². The van der Waals surface area contributed by atoms with E-state index in [1.165, 1.54) is 0 Å². The molecule has 2 saturated carbocycles. The first kappa shape index (κ1) is 7.54. The number of hydrogen-bond donors (Lipinski definition) is 0. The minimum atomic E-state index is -0.352. The summed E-state index contributed by atoms with van der Waals surface area (Å²) in [5.41, 5.74) is -0.352. The van der Waals surface area contributed by atoms with Crippen molar-refractivity contribution in [2.24, 2.45) is 17.3 Å². The zero-order chi connectivity index (χ0) is 9.05. The van der Waals surface area contributed by atoms with Gasteiger partial charge in [-0.1, -0.05) is 0 Å². The van der Waals surface area contributed by atoms with Crippen LogP contribution < -0.4 is 0 Å². The van der Waals surface area contributed by atoms with Crippen LogP contribution in [0.5, 0.6) is 0 Å². The number of hydrogen-bond acceptors (Lipinski definition) is 3. The Morgan fingerprint density at radius 1 is 1.38 bits per heavy atom. The number of cyclic esters (lactones) is 1. The second-order valence-corrected chi connectivity index (χ2v) is 4.44. The summed E-state index contributed by atoms with van der Waals surface area (Å²) in [7, 11) is 0. The van der Waals surface area contributed by atoms with Crippen molar-refractivity contribution in [1.82, 2.24) is 0 Å². The molecule has 1 aliphatic heterocycles. The van der Waals surface area contributed by atoms with Crippen LogP contribution in [-0.2, 0) is 14.3 Å². The lowest BCUT2D eigenvalue weighted by Gasteiger charge is -2.50. The first-order valence-electron chi connectivity index (χ1n) is 4.95. The quantitative estimate of drug-likeness (QED) is 0.520. The molecule has 3 nitrogen and oxygen atoms in total. The Morgan fingerprint density at radius 3 is 3.00 bits per heavy atom. The van der Waals surface area contributed by atoms with E-state index in [9.17, 15) is 9.59 Å². The third kappa shape index (κ3) is 0.675.